The zero-order valence-corrected chi connectivity index (χ0v) is 13.7. The summed E-state index contributed by atoms with van der Waals surface area (Å²) in [6.45, 7) is 0. The van der Waals surface area contributed by atoms with Crippen molar-refractivity contribution in [3.63, 3.8) is 0 Å². The highest BCUT2D eigenvalue weighted by Crippen LogP contribution is 2.31. The number of rotatable bonds is 3. The number of hydrogen-bond donors (Lipinski definition) is 2. The Labute approximate surface area is 144 Å². The molecular weight excluding hydrogens is 318 g/mol. The summed E-state index contributed by atoms with van der Waals surface area (Å²) in [5.41, 5.74) is 0.944. The van der Waals surface area contributed by atoms with Crippen LogP contribution in [0.1, 0.15) is 42.2 Å². The maximum atomic E-state index is 12.2. The molecule has 0 radical (unpaired) electrons. The number of carbonyl (C=O) groups excluding carboxylic acids is 1. The largest absolute Gasteiger partial charge is 0.348 e. The lowest BCUT2D eigenvalue weighted by Crippen LogP contribution is -2.38. The molecule has 1 aliphatic rings. The van der Waals surface area contributed by atoms with E-state index in [0.29, 0.717) is 6.04 Å². The number of carbonyl (C=O) groups is 1. The van der Waals surface area contributed by atoms with Gasteiger partial charge in [-0.05, 0) is 49.9 Å². The predicted molar refractivity (Wildman–Crippen MR) is 93.3 cm³/mol. The van der Waals surface area contributed by atoms with Crippen molar-refractivity contribution in [1.82, 2.24) is 25.1 Å². The third-order valence-electron chi connectivity index (χ3n) is 4.81. The lowest BCUT2D eigenvalue weighted by Gasteiger charge is -2.30. The zero-order chi connectivity index (χ0) is 17.2. The van der Waals surface area contributed by atoms with E-state index in [1.807, 2.05) is 12.3 Å². The first-order valence-corrected chi connectivity index (χ1v) is 8.49. The van der Waals surface area contributed by atoms with Gasteiger partial charge in [-0.15, -0.1) is 0 Å². The van der Waals surface area contributed by atoms with Gasteiger partial charge in [0.25, 0.3) is 11.5 Å². The van der Waals surface area contributed by atoms with E-state index < -0.39 is 0 Å². The van der Waals surface area contributed by atoms with Crippen molar-refractivity contribution in [1.29, 1.82) is 0 Å². The number of pyridine rings is 1. The van der Waals surface area contributed by atoms with E-state index in [2.05, 4.69) is 43.4 Å². The van der Waals surface area contributed by atoms with Gasteiger partial charge < -0.3 is 9.88 Å². The number of amides is 1. The first kappa shape index (κ1) is 15.6. The maximum Gasteiger partial charge on any atom is 0.271 e. The highest BCUT2D eigenvalue weighted by atomic mass is 16.2. The molecule has 3 aromatic heterocycles. The third kappa shape index (κ3) is 3.17. The van der Waals surface area contributed by atoms with Crippen LogP contribution < -0.4 is 10.9 Å². The molecule has 1 fully saturated rings. The second-order valence-electron chi connectivity index (χ2n) is 6.42. The summed E-state index contributed by atoms with van der Waals surface area (Å²) in [5, 5.41) is 10.2. The Kier molecular flexibility index (Phi) is 4.05. The van der Waals surface area contributed by atoms with Gasteiger partial charge in [-0.25, -0.2) is 10.1 Å². The smallest absolute Gasteiger partial charge is 0.271 e. The van der Waals surface area contributed by atoms with E-state index in [4.69, 9.17) is 0 Å². The third-order valence-corrected chi connectivity index (χ3v) is 4.81. The molecule has 0 bridgehead atoms. The van der Waals surface area contributed by atoms with Gasteiger partial charge in [0.2, 0.25) is 0 Å². The fourth-order valence-electron chi connectivity index (χ4n) is 3.51. The molecular formula is C18H19N5O2. The highest BCUT2D eigenvalue weighted by molar-refractivity contribution is 5.92. The monoisotopic (exact) mass is 337 g/mol. The van der Waals surface area contributed by atoms with Crippen molar-refractivity contribution in [3.05, 3.63) is 58.8 Å². The Hall–Kier alpha value is -2.96. The summed E-state index contributed by atoms with van der Waals surface area (Å²) in [6.07, 6.45) is 7.72. The van der Waals surface area contributed by atoms with Crippen LogP contribution in [0.4, 0.5) is 0 Å². The molecule has 0 saturated heterocycles. The van der Waals surface area contributed by atoms with Crippen LogP contribution in [-0.4, -0.2) is 31.7 Å². The van der Waals surface area contributed by atoms with Crippen LogP contribution in [0.3, 0.4) is 0 Å². The highest BCUT2D eigenvalue weighted by Gasteiger charge is 2.25. The Morgan fingerprint density at radius 2 is 2.00 bits per heavy atom. The molecule has 1 saturated carbocycles. The van der Waals surface area contributed by atoms with E-state index in [1.165, 1.54) is 12.1 Å². The number of nitrogens with zero attached hydrogens (tertiary/aromatic N) is 3. The Balaban J connectivity index is 1.39. The second-order valence-corrected chi connectivity index (χ2v) is 6.42. The molecule has 128 valence electrons. The minimum Gasteiger partial charge on any atom is -0.348 e. The van der Waals surface area contributed by atoms with Crippen LogP contribution in [0.15, 0.2) is 47.5 Å². The molecule has 0 aliphatic heterocycles. The second kappa shape index (κ2) is 6.51. The molecule has 3 aromatic rings. The first-order chi connectivity index (χ1) is 12.2. The fraction of sp³-hybridized carbons (Fsp3) is 0.333. The molecule has 2 N–H and O–H groups in total. The predicted octanol–water partition coefficient (Wildman–Crippen LogP) is 2.03. The van der Waals surface area contributed by atoms with E-state index in [-0.39, 0.29) is 23.2 Å². The van der Waals surface area contributed by atoms with Gasteiger partial charge in [0.05, 0.1) is 0 Å². The van der Waals surface area contributed by atoms with Crippen LogP contribution in [-0.2, 0) is 0 Å². The van der Waals surface area contributed by atoms with E-state index in [0.717, 1.165) is 36.7 Å². The minimum absolute atomic E-state index is 0.132. The average molecular weight is 337 g/mol. The molecule has 0 unspecified atom stereocenters. The number of fused-ring (bicyclic) bond motifs is 1. The Bertz CT molecular complexity index is 933. The molecule has 0 aromatic carbocycles. The lowest BCUT2D eigenvalue weighted by atomic mass is 9.91. The Morgan fingerprint density at radius 1 is 1.16 bits per heavy atom. The fourth-order valence-corrected chi connectivity index (χ4v) is 3.51. The van der Waals surface area contributed by atoms with Crippen LogP contribution in [0, 0.1) is 0 Å². The van der Waals surface area contributed by atoms with Crippen LogP contribution in [0.2, 0.25) is 0 Å². The molecule has 0 atom stereocenters. The molecule has 7 heteroatoms. The van der Waals surface area contributed by atoms with Gasteiger partial charge >= 0.3 is 0 Å². The molecule has 1 aliphatic carbocycles. The summed E-state index contributed by atoms with van der Waals surface area (Å²) >= 11 is 0. The van der Waals surface area contributed by atoms with Crippen molar-refractivity contribution in [3.8, 4) is 0 Å². The summed E-state index contributed by atoms with van der Waals surface area (Å²) in [6, 6.07) is 9.41. The standard InChI is InChI=1S/C18H19N5O2/c24-16-8-7-15(21-22-16)18(25)20-13-3-5-14(6-4-13)23-11-9-12-2-1-10-19-17(12)23/h1-2,7-11,13-14H,3-6H2,(H,20,25)(H,22,24). The maximum absolute atomic E-state index is 12.2. The summed E-state index contributed by atoms with van der Waals surface area (Å²) < 4.78 is 2.25. The van der Waals surface area contributed by atoms with Crippen LogP contribution in [0.5, 0.6) is 0 Å². The zero-order valence-electron chi connectivity index (χ0n) is 13.7. The van der Waals surface area contributed by atoms with Crippen molar-refractivity contribution < 1.29 is 4.79 Å². The number of H-pyrrole nitrogens is 1. The average Bonchev–Trinajstić information content (AvgIpc) is 3.07. The van der Waals surface area contributed by atoms with Crippen LogP contribution in [0.25, 0.3) is 11.0 Å². The van der Waals surface area contributed by atoms with Crippen molar-refractivity contribution in [2.24, 2.45) is 0 Å². The van der Waals surface area contributed by atoms with Crippen molar-refractivity contribution in [2.75, 3.05) is 0 Å². The molecule has 0 spiro atoms. The minimum atomic E-state index is -0.315. The summed E-state index contributed by atoms with van der Waals surface area (Å²) in [4.78, 5) is 27.7. The normalized spacial score (nSPS) is 20.5. The SMILES string of the molecule is O=C(NC1CCC(n2ccc3cccnc32)CC1)c1ccc(=O)[nH]n1. The molecule has 7 nitrogen and oxygen atoms in total. The molecule has 4 rings (SSSR count). The van der Waals surface area contributed by atoms with Gasteiger partial charge in [0, 0.05) is 35.9 Å². The number of nitrogens with one attached hydrogen (secondary N) is 2. The quantitative estimate of drug-likeness (QED) is 0.765. The van der Waals surface area contributed by atoms with E-state index in [1.54, 1.807) is 0 Å². The van der Waals surface area contributed by atoms with E-state index in [9.17, 15) is 9.59 Å². The number of aromatic nitrogens is 4. The molecule has 25 heavy (non-hydrogen) atoms. The van der Waals surface area contributed by atoms with Gasteiger partial charge in [0.15, 0.2) is 0 Å². The van der Waals surface area contributed by atoms with E-state index >= 15 is 0 Å². The summed E-state index contributed by atoms with van der Waals surface area (Å²) in [5.74, 6) is -0.243. The number of hydrogen-bond acceptors (Lipinski definition) is 4. The van der Waals surface area contributed by atoms with Crippen LogP contribution >= 0.6 is 0 Å². The van der Waals surface area contributed by atoms with Gasteiger partial charge in [0.1, 0.15) is 11.3 Å². The summed E-state index contributed by atoms with van der Waals surface area (Å²) in [7, 11) is 0. The lowest BCUT2D eigenvalue weighted by molar-refractivity contribution is 0.0916. The number of aromatic amines is 1. The first-order valence-electron chi connectivity index (χ1n) is 8.49. The topological polar surface area (TPSA) is 92.7 Å². The van der Waals surface area contributed by atoms with Crippen molar-refractivity contribution >= 4 is 16.9 Å². The van der Waals surface area contributed by atoms with Gasteiger partial charge in [-0.3, -0.25) is 9.59 Å². The van der Waals surface area contributed by atoms with Crippen molar-refractivity contribution in [2.45, 2.75) is 37.8 Å². The van der Waals surface area contributed by atoms with Gasteiger partial charge in [-0.1, -0.05) is 0 Å². The molecule has 1 amide bonds. The Morgan fingerprint density at radius 3 is 2.76 bits per heavy atom. The van der Waals surface area contributed by atoms with Gasteiger partial charge in [-0.2, -0.15) is 5.10 Å². The molecule has 3 heterocycles.